The van der Waals surface area contributed by atoms with Gasteiger partial charge in [0.25, 0.3) is 0 Å². The van der Waals surface area contributed by atoms with Crippen molar-refractivity contribution >= 4 is 60.9 Å². The third-order valence-corrected chi connectivity index (χ3v) is 12.7. The van der Waals surface area contributed by atoms with E-state index in [0.717, 1.165) is 88.8 Å². The first-order valence-electron chi connectivity index (χ1n) is 20.7. The van der Waals surface area contributed by atoms with Crippen LogP contribution in [-0.2, 0) is 5.41 Å². The Balaban J connectivity index is 0.986. The number of anilines is 3. The van der Waals surface area contributed by atoms with Crippen molar-refractivity contribution in [2.24, 2.45) is 0 Å². The van der Waals surface area contributed by atoms with Crippen molar-refractivity contribution < 1.29 is 8.83 Å². The fraction of sp³-hybridized carbons (Fsp3) is 0.0526. The van der Waals surface area contributed by atoms with Crippen molar-refractivity contribution in [1.82, 2.24) is 0 Å². The Hall–Kier alpha value is -7.62. The number of hydrogen-bond acceptors (Lipinski definition) is 3. The Bertz CT molecular complexity index is 3390. The molecule has 0 amide bonds. The van der Waals surface area contributed by atoms with Gasteiger partial charge in [0.15, 0.2) is 0 Å². The Morgan fingerprint density at radius 3 is 1.62 bits per heavy atom. The minimum atomic E-state index is -0.112. The highest BCUT2D eigenvalue weighted by Crippen LogP contribution is 2.51. The third-order valence-electron chi connectivity index (χ3n) is 12.7. The van der Waals surface area contributed by atoms with Gasteiger partial charge >= 0.3 is 0 Å². The van der Waals surface area contributed by atoms with E-state index in [4.69, 9.17) is 8.83 Å². The Labute approximate surface area is 348 Å². The molecule has 9 aromatic carbocycles. The number of para-hydroxylation sites is 3. The topological polar surface area (TPSA) is 29.5 Å². The molecule has 2 heterocycles. The van der Waals surface area contributed by atoms with Crippen molar-refractivity contribution in [3.63, 3.8) is 0 Å². The molecule has 0 atom stereocenters. The van der Waals surface area contributed by atoms with Gasteiger partial charge in [-0.15, -0.1) is 0 Å². The van der Waals surface area contributed by atoms with Crippen LogP contribution in [0, 0.1) is 0 Å². The smallest absolute Gasteiger partial charge is 0.143 e. The van der Waals surface area contributed by atoms with Crippen molar-refractivity contribution in [2.75, 3.05) is 4.90 Å². The molecule has 0 spiro atoms. The van der Waals surface area contributed by atoms with E-state index in [-0.39, 0.29) is 5.41 Å². The molecule has 284 valence electrons. The molecule has 11 aromatic rings. The first kappa shape index (κ1) is 34.4. The summed E-state index contributed by atoms with van der Waals surface area (Å²) < 4.78 is 13.4. The molecule has 0 saturated carbocycles. The van der Waals surface area contributed by atoms with Crippen LogP contribution in [0.4, 0.5) is 17.1 Å². The molecular formula is C57H39NO2. The van der Waals surface area contributed by atoms with Crippen LogP contribution in [0.5, 0.6) is 0 Å². The molecule has 1 aliphatic rings. The second-order valence-electron chi connectivity index (χ2n) is 16.4. The molecule has 0 bridgehead atoms. The van der Waals surface area contributed by atoms with Crippen molar-refractivity contribution in [1.29, 1.82) is 0 Å². The van der Waals surface area contributed by atoms with E-state index in [1.807, 2.05) is 18.2 Å². The van der Waals surface area contributed by atoms with E-state index in [1.165, 1.54) is 27.8 Å². The molecule has 0 aliphatic heterocycles. The molecule has 3 nitrogen and oxygen atoms in total. The van der Waals surface area contributed by atoms with Crippen LogP contribution < -0.4 is 4.90 Å². The van der Waals surface area contributed by atoms with Gasteiger partial charge in [0.1, 0.15) is 22.3 Å². The highest BCUT2D eigenvalue weighted by atomic mass is 16.3. The molecule has 0 N–H and O–H groups in total. The molecule has 0 saturated heterocycles. The average molecular weight is 770 g/mol. The van der Waals surface area contributed by atoms with E-state index >= 15 is 0 Å². The van der Waals surface area contributed by atoms with Crippen molar-refractivity contribution in [3.8, 4) is 44.5 Å². The Morgan fingerprint density at radius 1 is 0.350 bits per heavy atom. The summed E-state index contributed by atoms with van der Waals surface area (Å²) in [6.07, 6.45) is 0. The van der Waals surface area contributed by atoms with Gasteiger partial charge in [-0.05, 0) is 117 Å². The molecule has 0 unspecified atom stereocenters. The molecular weight excluding hydrogens is 731 g/mol. The van der Waals surface area contributed by atoms with Gasteiger partial charge < -0.3 is 13.7 Å². The lowest BCUT2D eigenvalue weighted by molar-refractivity contribution is 0.660. The summed E-state index contributed by atoms with van der Waals surface area (Å²) >= 11 is 0. The van der Waals surface area contributed by atoms with E-state index in [1.54, 1.807) is 0 Å². The summed E-state index contributed by atoms with van der Waals surface area (Å²) in [6, 6.07) is 71.6. The van der Waals surface area contributed by atoms with E-state index < -0.39 is 0 Å². The molecule has 1 aliphatic carbocycles. The van der Waals surface area contributed by atoms with E-state index in [2.05, 4.69) is 201 Å². The van der Waals surface area contributed by atoms with Crippen molar-refractivity contribution in [2.45, 2.75) is 19.3 Å². The Kier molecular flexibility index (Phi) is 7.58. The number of benzene rings is 9. The monoisotopic (exact) mass is 769 g/mol. The molecule has 0 radical (unpaired) electrons. The third kappa shape index (κ3) is 5.22. The van der Waals surface area contributed by atoms with Gasteiger partial charge in [-0.2, -0.15) is 0 Å². The van der Waals surface area contributed by atoms with Gasteiger partial charge in [-0.25, -0.2) is 0 Å². The van der Waals surface area contributed by atoms with Gasteiger partial charge in [-0.3, -0.25) is 0 Å². The summed E-state index contributed by atoms with van der Waals surface area (Å²) in [7, 11) is 0. The molecule has 0 fully saturated rings. The van der Waals surface area contributed by atoms with Gasteiger partial charge in [0, 0.05) is 49.6 Å². The van der Waals surface area contributed by atoms with Crippen LogP contribution >= 0.6 is 0 Å². The van der Waals surface area contributed by atoms with Crippen LogP contribution in [0.1, 0.15) is 25.0 Å². The first-order valence-corrected chi connectivity index (χ1v) is 20.7. The minimum Gasteiger partial charge on any atom is -0.456 e. The average Bonchev–Trinajstić information content (AvgIpc) is 3.95. The zero-order valence-electron chi connectivity index (χ0n) is 33.3. The lowest BCUT2D eigenvalue weighted by Gasteiger charge is -2.25. The fourth-order valence-electron chi connectivity index (χ4n) is 9.76. The van der Waals surface area contributed by atoms with Crippen LogP contribution in [0.3, 0.4) is 0 Å². The fourth-order valence-corrected chi connectivity index (χ4v) is 9.76. The van der Waals surface area contributed by atoms with E-state index in [0.29, 0.717) is 0 Å². The standard InChI is InChI=1S/C57H39NO2/c1-57(2)48-19-11-9-17-45(48)46-30-27-39(35-49(46)57)43-31-32-44(56-54(43)55-52(60-56)34-33-51-53(55)47-18-10-12-20-50(47)59-51)38-23-21-36(22-24-38)37-25-28-42(29-26-37)58(40-13-5-3-6-14-40)41-15-7-4-8-16-41/h3-35H,1-2H3. The van der Waals surface area contributed by atoms with Crippen LogP contribution in [-0.4, -0.2) is 0 Å². The number of rotatable bonds is 6. The highest BCUT2D eigenvalue weighted by molar-refractivity contribution is 6.29. The largest absolute Gasteiger partial charge is 0.456 e. The first-order chi connectivity index (χ1) is 29.5. The summed E-state index contributed by atoms with van der Waals surface area (Å²) in [5, 5.41) is 4.37. The number of hydrogen-bond donors (Lipinski definition) is 0. The number of fused-ring (bicyclic) bond motifs is 10. The van der Waals surface area contributed by atoms with Crippen LogP contribution in [0.25, 0.3) is 88.4 Å². The second kappa shape index (κ2) is 13.2. The molecule has 3 heteroatoms. The lowest BCUT2D eigenvalue weighted by Crippen LogP contribution is -2.14. The maximum atomic E-state index is 6.99. The maximum absolute atomic E-state index is 6.99. The highest BCUT2D eigenvalue weighted by Gasteiger charge is 2.35. The number of nitrogens with zero attached hydrogens (tertiary/aromatic N) is 1. The summed E-state index contributed by atoms with van der Waals surface area (Å²) in [4.78, 5) is 2.29. The molecule has 12 rings (SSSR count). The second-order valence-corrected chi connectivity index (χ2v) is 16.4. The zero-order valence-corrected chi connectivity index (χ0v) is 33.3. The van der Waals surface area contributed by atoms with Gasteiger partial charge in [-0.1, -0.05) is 147 Å². The maximum Gasteiger partial charge on any atom is 0.143 e. The minimum absolute atomic E-state index is 0.112. The lowest BCUT2D eigenvalue weighted by atomic mass is 9.81. The molecule has 60 heavy (non-hydrogen) atoms. The quantitative estimate of drug-likeness (QED) is 0.169. The van der Waals surface area contributed by atoms with E-state index in [9.17, 15) is 0 Å². The summed E-state index contributed by atoms with van der Waals surface area (Å²) in [5.74, 6) is 0. The number of furan rings is 2. The van der Waals surface area contributed by atoms with Crippen LogP contribution in [0.2, 0.25) is 0 Å². The van der Waals surface area contributed by atoms with Crippen molar-refractivity contribution in [3.05, 3.63) is 211 Å². The summed E-state index contributed by atoms with van der Waals surface area (Å²) in [6.45, 7) is 4.69. The predicted molar refractivity (Wildman–Crippen MR) is 250 cm³/mol. The SMILES string of the molecule is CC1(C)c2ccccc2-c2ccc(-c3ccc(-c4ccc(-c5ccc(N(c6ccccc6)c6ccccc6)cc5)cc4)c4oc5ccc6oc7ccccc7c6c5c34)cc21. The molecule has 2 aromatic heterocycles. The van der Waals surface area contributed by atoms with Gasteiger partial charge in [0.05, 0.1) is 0 Å². The normalized spacial score (nSPS) is 13.0. The predicted octanol–water partition coefficient (Wildman–Crippen LogP) is 16.3. The summed E-state index contributed by atoms with van der Waals surface area (Å²) in [5.41, 5.74) is 18.9. The zero-order chi connectivity index (χ0) is 40.0. The van der Waals surface area contributed by atoms with Gasteiger partial charge in [0.2, 0.25) is 0 Å². The van der Waals surface area contributed by atoms with Crippen LogP contribution in [0.15, 0.2) is 209 Å². The Morgan fingerprint density at radius 2 is 0.883 bits per heavy atom.